The average Bonchev–Trinajstić information content (AvgIpc) is 2.69. The van der Waals surface area contributed by atoms with Gasteiger partial charge in [-0.1, -0.05) is 6.58 Å². The highest BCUT2D eigenvalue weighted by atomic mass is 16.7. The Hall–Kier alpha value is -1.36. The van der Waals surface area contributed by atoms with Crippen molar-refractivity contribution in [3.63, 3.8) is 0 Å². The first-order valence-corrected chi connectivity index (χ1v) is 5.19. The minimum absolute atomic E-state index is 0.247. The standard InChI is InChI=1S/C11H16O5/c1-7(2)10(12)15-8(3)11(13)16-9-5-4-6-14-9/h8-9H,1,4-6H2,2-3H3. The number of carbonyl (C=O) groups is 2. The molecule has 1 heterocycles. The van der Waals surface area contributed by atoms with Gasteiger partial charge in [-0.05, 0) is 20.3 Å². The van der Waals surface area contributed by atoms with Gasteiger partial charge in [0, 0.05) is 12.0 Å². The van der Waals surface area contributed by atoms with E-state index in [4.69, 9.17) is 14.2 Å². The third kappa shape index (κ3) is 3.66. The Morgan fingerprint density at radius 3 is 2.69 bits per heavy atom. The second-order valence-corrected chi connectivity index (χ2v) is 3.71. The predicted molar refractivity (Wildman–Crippen MR) is 55.4 cm³/mol. The molecule has 0 aromatic heterocycles. The Morgan fingerprint density at radius 1 is 1.50 bits per heavy atom. The second-order valence-electron chi connectivity index (χ2n) is 3.71. The first-order chi connectivity index (χ1) is 7.50. The molecule has 0 amide bonds. The summed E-state index contributed by atoms with van der Waals surface area (Å²) < 4.78 is 14.9. The monoisotopic (exact) mass is 228 g/mol. The zero-order valence-electron chi connectivity index (χ0n) is 9.52. The number of rotatable bonds is 4. The summed E-state index contributed by atoms with van der Waals surface area (Å²) in [7, 11) is 0. The lowest BCUT2D eigenvalue weighted by Gasteiger charge is -2.15. The highest BCUT2D eigenvalue weighted by molar-refractivity contribution is 5.89. The van der Waals surface area contributed by atoms with Crippen LogP contribution in [0.2, 0.25) is 0 Å². The molecule has 0 aromatic rings. The molecule has 0 aliphatic carbocycles. The maximum Gasteiger partial charge on any atom is 0.349 e. The third-order valence-electron chi connectivity index (χ3n) is 2.10. The van der Waals surface area contributed by atoms with E-state index < -0.39 is 24.3 Å². The summed E-state index contributed by atoms with van der Waals surface area (Å²) in [5.74, 6) is -1.20. The van der Waals surface area contributed by atoms with E-state index >= 15 is 0 Å². The van der Waals surface area contributed by atoms with Gasteiger partial charge in [-0.2, -0.15) is 0 Å². The van der Waals surface area contributed by atoms with E-state index in [9.17, 15) is 9.59 Å². The van der Waals surface area contributed by atoms with E-state index in [0.29, 0.717) is 13.0 Å². The van der Waals surface area contributed by atoms with E-state index in [2.05, 4.69) is 6.58 Å². The quantitative estimate of drug-likeness (QED) is 0.534. The van der Waals surface area contributed by atoms with Crippen molar-refractivity contribution >= 4 is 11.9 Å². The molecule has 0 saturated carbocycles. The number of hydrogen-bond donors (Lipinski definition) is 0. The Kier molecular flexibility index (Phi) is 4.49. The normalized spacial score (nSPS) is 21.2. The summed E-state index contributed by atoms with van der Waals surface area (Å²) in [4.78, 5) is 22.6. The molecule has 1 aliphatic heterocycles. The summed E-state index contributed by atoms with van der Waals surface area (Å²) in [6.07, 6.45) is 0.122. The summed E-state index contributed by atoms with van der Waals surface area (Å²) >= 11 is 0. The van der Waals surface area contributed by atoms with Crippen LogP contribution in [0.4, 0.5) is 0 Å². The van der Waals surface area contributed by atoms with Crippen LogP contribution in [-0.4, -0.2) is 30.9 Å². The fourth-order valence-corrected chi connectivity index (χ4v) is 1.18. The third-order valence-corrected chi connectivity index (χ3v) is 2.10. The van der Waals surface area contributed by atoms with Gasteiger partial charge >= 0.3 is 11.9 Å². The van der Waals surface area contributed by atoms with Crippen LogP contribution in [0, 0.1) is 0 Å². The predicted octanol–water partition coefficient (Wildman–Crippen LogP) is 1.17. The van der Waals surface area contributed by atoms with Crippen LogP contribution in [0.3, 0.4) is 0 Å². The molecule has 0 spiro atoms. The molecule has 2 atom stereocenters. The molecule has 0 radical (unpaired) electrons. The van der Waals surface area contributed by atoms with Gasteiger partial charge in [-0.15, -0.1) is 0 Å². The second kappa shape index (κ2) is 5.65. The molecular weight excluding hydrogens is 212 g/mol. The molecule has 1 saturated heterocycles. The van der Waals surface area contributed by atoms with Crippen LogP contribution in [0.15, 0.2) is 12.2 Å². The van der Waals surface area contributed by atoms with Crippen LogP contribution < -0.4 is 0 Å². The lowest BCUT2D eigenvalue weighted by Crippen LogP contribution is -2.29. The lowest BCUT2D eigenvalue weighted by molar-refractivity contribution is -0.184. The van der Waals surface area contributed by atoms with Crippen molar-refractivity contribution in [2.24, 2.45) is 0 Å². The van der Waals surface area contributed by atoms with E-state index in [1.165, 1.54) is 13.8 Å². The molecule has 1 rings (SSSR count). The summed E-state index contributed by atoms with van der Waals surface area (Å²) in [5.41, 5.74) is 0.247. The van der Waals surface area contributed by atoms with Crippen LogP contribution in [0.5, 0.6) is 0 Å². The Bertz CT molecular complexity index is 291. The molecule has 1 fully saturated rings. The largest absolute Gasteiger partial charge is 0.447 e. The topological polar surface area (TPSA) is 61.8 Å². The molecule has 16 heavy (non-hydrogen) atoms. The van der Waals surface area contributed by atoms with E-state index in [1.807, 2.05) is 0 Å². The van der Waals surface area contributed by atoms with E-state index in [1.54, 1.807) is 0 Å². The number of carbonyl (C=O) groups excluding carboxylic acids is 2. The number of hydrogen-bond acceptors (Lipinski definition) is 5. The van der Waals surface area contributed by atoms with Crippen molar-refractivity contribution < 1.29 is 23.8 Å². The van der Waals surface area contributed by atoms with Crippen LogP contribution in [-0.2, 0) is 23.8 Å². The van der Waals surface area contributed by atoms with Crippen LogP contribution in [0.1, 0.15) is 26.7 Å². The molecule has 0 bridgehead atoms. The SMILES string of the molecule is C=C(C)C(=O)OC(C)C(=O)OC1CCCO1. The highest BCUT2D eigenvalue weighted by Crippen LogP contribution is 2.14. The Balaban J connectivity index is 2.35. The molecule has 5 nitrogen and oxygen atoms in total. The Labute approximate surface area is 94.4 Å². The molecule has 90 valence electrons. The maximum absolute atomic E-state index is 11.4. The van der Waals surface area contributed by atoms with Crippen LogP contribution >= 0.6 is 0 Å². The first-order valence-electron chi connectivity index (χ1n) is 5.19. The molecule has 0 aromatic carbocycles. The summed E-state index contributed by atoms with van der Waals surface area (Å²) in [6.45, 7) is 6.99. The minimum atomic E-state index is -0.937. The smallest absolute Gasteiger partial charge is 0.349 e. The number of esters is 2. The Morgan fingerprint density at radius 2 is 2.19 bits per heavy atom. The van der Waals surface area contributed by atoms with E-state index in [-0.39, 0.29) is 5.57 Å². The molecule has 5 heteroatoms. The average molecular weight is 228 g/mol. The van der Waals surface area contributed by atoms with Gasteiger partial charge in [0.1, 0.15) is 0 Å². The zero-order valence-corrected chi connectivity index (χ0v) is 9.52. The van der Waals surface area contributed by atoms with Crippen LogP contribution in [0.25, 0.3) is 0 Å². The summed E-state index contributed by atoms with van der Waals surface area (Å²) in [6, 6.07) is 0. The number of ether oxygens (including phenoxy) is 3. The molecular formula is C11H16O5. The van der Waals surface area contributed by atoms with Crippen molar-refractivity contribution in [1.29, 1.82) is 0 Å². The van der Waals surface area contributed by atoms with Gasteiger partial charge in [0.05, 0.1) is 6.61 Å². The maximum atomic E-state index is 11.4. The van der Waals surface area contributed by atoms with Crippen molar-refractivity contribution in [1.82, 2.24) is 0 Å². The van der Waals surface area contributed by atoms with Crippen molar-refractivity contribution in [2.45, 2.75) is 39.1 Å². The van der Waals surface area contributed by atoms with Crippen molar-refractivity contribution in [3.8, 4) is 0 Å². The van der Waals surface area contributed by atoms with Crippen molar-refractivity contribution in [3.05, 3.63) is 12.2 Å². The van der Waals surface area contributed by atoms with Gasteiger partial charge in [-0.25, -0.2) is 9.59 Å². The molecule has 2 unspecified atom stereocenters. The van der Waals surface area contributed by atoms with E-state index in [0.717, 1.165) is 6.42 Å². The fraction of sp³-hybridized carbons (Fsp3) is 0.636. The van der Waals surface area contributed by atoms with Gasteiger partial charge in [-0.3, -0.25) is 0 Å². The summed E-state index contributed by atoms with van der Waals surface area (Å²) in [5, 5.41) is 0. The molecule has 0 N–H and O–H groups in total. The van der Waals surface area contributed by atoms with Gasteiger partial charge in [0.15, 0.2) is 6.10 Å². The van der Waals surface area contributed by atoms with Gasteiger partial charge in [0.25, 0.3) is 0 Å². The molecule has 1 aliphatic rings. The van der Waals surface area contributed by atoms with Gasteiger partial charge in [0.2, 0.25) is 6.29 Å². The van der Waals surface area contributed by atoms with Gasteiger partial charge < -0.3 is 14.2 Å². The zero-order chi connectivity index (χ0) is 12.1. The minimum Gasteiger partial charge on any atom is -0.447 e. The highest BCUT2D eigenvalue weighted by Gasteiger charge is 2.25. The fourth-order valence-electron chi connectivity index (χ4n) is 1.18. The van der Waals surface area contributed by atoms with Crippen molar-refractivity contribution in [2.75, 3.05) is 6.61 Å². The lowest BCUT2D eigenvalue weighted by atomic mass is 10.3. The first kappa shape index (κ1) is 12.7.